The highest BCUT2D eigenvalue weighted by Crippen LogP contribution is 2.32. The van der Waals surface area contributed by atoms with Gasteiger partial charge in [0.2, 0.25) is 5.95 Å². The molecular formula is C13H13N5O. The third-order valence-electron chi connectivity index (χ3n) is 2.74. The number of nitrogens with zero attached hydrogens (tertiary/aromatic N) is 3. The molecule has 6 heteroatoms. The first-order valence-corrected chi connectivity index (χ1v) is 5.98. The predicted molar refractivity (Wildman–Crippen MR) is 72.7 cm³/mol. The Kier molecular flexibility index (Phi) is 2.75. The van der Waals surface area contributed by atoms with E-state index in [2.05, 4.69) is 19.9 Å². The van der Waals surface area contributed by atoms with Gasteiger partial charge in [-0.1, -0.05) is 12.1 Å². The lowest BCUT2D eigenvalue weighted by molar-refractivity contribution is 0.341. The summed E-state index contributed by atoms with van der Waals surface area (Å²) in [6.07, 6.45) is 1.57. The van der Waals surface area contributed by atoms with E-state index in [4.69, 9.17) is 10.5 Å². The van der Waals surface area contributed by atoms with Crippen LogP contribution >= 0.6 is 0 Å². The number of hydrogen-bond donors (Lipinski definition) is 2. The van der Waals surface area contributed by atoms with Crippen LogP contribution in [0.15, 0.2) is 30.6 Å². The molecule has 6 nitrogen and oxygen atoms in total. The zero-order chi connectivity index (χ0) is 13.2. The van der Waals surface area contributed by atoms with Crippen molar-refractivity contribution in [2.24, 2.45) is 0 Å². The number of para-hydroxylation sites is 1. The van der Waals surface area contributed by atoms with E-state index >= 15 is 0 Å². The van der Waals surface area contributed by atoms with E-state index in [-0.39, 0.29) is 5.95 Å². The van der Waals surface area contributed by atoms with Crippen LogP contribution < -0.4 is 10.5 Å². The van der Waals surface area contributed by atoms with Gasteiger partial charge in [-0.15, -0.1) is 0 Å². The quantitative estimate of drug-likeness (QED) is 0.747. The number of hydrogen-bond acceptors (Lipinski definition) is 5. The summed E-state index contributed by atoms with van der Waals surface area (Å²) in [5.74, 6) is 0.958. The summed E-state index contributed by atoms with van der Waals surface area (Å²) < 4.78 is 5.62. The minimum Gasteiger partial charge on any atom is -0.493 e. The van der Waals surface area contributed by atoms with Crippen molar-refractivity contribution in [2.75, 3.05) is 12.3 Å². The van der Waals surface area contributed by atoms with Gasteiger partial charge in [-0.2, -0.15) is 4.98 Å². The molecule has 3 aromatic rings. The van der Waals surface area contributed by atoms with Gasteiger partial charge in [-0.3, -0.25) is 0 Å². The minimum atomic E-state index is 0.195. The fraction of sp³-hybridized carbons (Fsp3) is 0.154. The summed E-state index contributed by atoms with van der Waals surface area (Å²) in [4.78, 5) is 15.5. The van der Waals surface area contributed by atoms with Gasteiger partial charge in [0.15, 0.2) is 5.65 Å². The molecule has 0 aliphatic carbocycles. The zero-order valence-electron chi connectivity index (χ0n) is 10.4. The zero-order valence-corrected chi connectivity index (χ0v) is 10.4. The molecule has 0 unspecified atom stereocenters. The topological polar surface area (TPSA) is 89.7 Å². The second-order valence-electron chi connectivity index (χ2n) is 3.96. The maximum Gasteiger partial charge on any atom is 0.222 e. The van der Waals surface area contributed by atoms with Crippen molar-refractivity contribution >= 4 is 17.1 Å². The van der Waals surface area contributed by atoms with Crippen molar-refractivity contribution in [1.82, 2.24) is 19.9 Å². The van der Waals surface area contributed by atoms with Crippen molar-refractivity contribution in [3.05, 3.63) is 30.6 Å². The number of ether oxygens (including phenoxy) is 1. The molecule has 0 spiro atoms. The number of imidazole rings is 1. The van der Waals surface area contributed by atoms with Gasteiger partial charge < -0.3 is 15.5 Å². The molecule has 0 fully saturated rings. The number of aromatic amines is 1. The molecule has 0 aliphatic heterocycles. The van der Waals surface area contributed by atoms with Crippen LogP contribution in [-0.4, -0.2) is 26.5 Å². The molecule has 3 rings (SSSR count). The highest BCUT2D eigenvalue weighted by Gasteiger charge is 2.14. The van der Waals surface area contributed by atoms with Gasteiger partial charge in [0.25, 0.3) is 0 Å². The lowest BCUT2D eigenvalue weighted by Crippen LogP contribution is -2.00. The first-order chi connectivity index (χ1) is 9.29. The molecule has 0 radical (unpaired) electrons. The molecule has 0 aliphatic rings. The van der Waals surface area contributed by atoms with Crippen molar-refractivity contribution in [3.8, 4) is 17.0 Å². The minimum absolute atomic E-state index is 0.195. The highest BCUT2D eigenvalue weighted by atomic mass is 16.5. The molecule has 0 amide bonds. The lowest BCUT2D eigenvalue weighted by Gasteiger charge is -2.10. The lowest BCUT2D eigenvalue weighted by atomic mass is 10.1. The number of nitrogens with two attached hydrogens (primary N) is 1. The molecule has 96 valence electrons. The summed E-state index contributed by atoms with van der Waals surface area (Å²) in [5, 5.41) is 0. The van der Waals surface area contributed by atoms with E-state index in [1.807, 2.05) is 31.2 Å². The average molecular weight is 255 g/mol. The Balaban J connectivity index is 2.26. The van der Waals surface area contributed by atoms with Crippen LogP contribution in [0.1, 0.15) is 6.92 Å². The molecule has 0 saturated carbocycles. The van der Waals surface area contributed by atoms with Crippen molar-refractivity contribution < 1.29 is 4.74 Å². The number of anilines is 1. The first kappa shape index (κ1) is 11.5. The smallest absolute Gasteiger partial charge is 0.222 e. The van der Waals surface area contributed by atoms with Crippen LogP contribution in [0.25, 0.3) is 22.4 Å². The molecule has 0 atom stereocenters. The van der Waals surface area contributed by atoms with Crippen LogP contribution in [0.3, 0.4) is 0 Å². The summed E-state index contributed by atoms with van der Waals surface area (Å²) in [5.41, 5.74) is 8.60. The maximum absolute atomic E-state index is 5.73. The van der Waals surface area contributed by atoms with Crippen molar-refractivity contribution in [1.29, 1.82) is 0 Å². The van der Waals surface area contributed by atoms with Crippen molar-refractivity contribution in [3.63, 3.8) is 0 Å². The summed E-state index contributed by atoms with van der Waals surface area (Å²) >= 11 is 0. The summed E-state index contributed by atoms with van der Waals surface area (Å²) in [6, 6.07) is 7.69. The number of nitrogens with one attached hydrogen (secondary N) is 1. The van der Waals surface area contributed by atoms with Gasteiger partial charge >= 0.3 is 0 Å². The molecule has 1 aromatic carbocycles. The Hall–Kier alpha value is -2.63. The Morgan fingerprint density at radius 3 is 2.95 bits per heavy atom. The standard InChI is InChI=1S/C13H13N5O/c1-2-19-9-6-4-3-5-8(9)10-11-12(16-7-15-11)18-13(14)17-10/h3-7H,2H2,1H3,(H3,14,15,16,17,18). The second kappa shape index (κ2) is 4.56. The third-order valence-corrected chi connectivity index (χ3v) is 2.74. The molecule has 2 heterocycles. The van der Waals surface area contributed by atoms with Gasteiger partial charge in [0.05, 0.1) is 12.9 Å². The van der Waals surface area contributed by atoms with E-state index in [1.165, 1.54) is 0 Å². The Morgan fingerprint density at radius 2 is 2.11 bits per heavy atom. The van der Waals surface area contributed by atoms with E-state index in [9.17, 15) is 0 Å². The highest BCUT2D eigenvalue weighted by molar-refractivity contribution is 5.89. The monoisotopic (exact) mass is 255 g/mol. The van der Waals surface area contributed by atoms with E-state index in [1.54, 1.807) is 6.33 Å². The Morgan fingerprint density at radius 1 is 1.26 bits per heavy atom. The number of fused-ring (bicyclic) bond motifs is 1. The van der Waals surface area contributed by atoms with Gasteiger partial charge in [0, 0.05) is 5.56 Å². The second-order valence-corrected chi connectivity index (χ2v) is 3.96. The predicted octanol–water partition coefficient (Wildman–Crippen LogP) is 2.00. The fourth-order valence-corrected chi connectivity index (χ4v) is 1.99. The molecule has 0 bridgehead atoms. The number of H-pyrrole nitrogens is 1. The van der Waals surface area contributed by atoms with E-state index in [0.29, 0.717) is 17.9 Å². The number of nitrogen functional groups attached to an aromatic ring is 1. The SMILES string of the molecule is CCOc1ccccc1-c1nc(N)nc2nc[nH]c12. The number of rotatable bonds is 3. The molecule has 2 aromatic heterocycles. The molecule has 0 saturated heterocycles. The number of aromatic nitrogens is 4. The van der Waals surface area contributed by atoms with E-state index < -0.39 is 0 Å². The molecular weight excluding hydrogens is 242 g/mol. The van der Waals surface area contributed by atoms with Crippen LogP contribution in [0.2, 0.25) is 0 Å². The Bertz CT molecular complexity index is 722. The van der Waals surface area contributed by atoms with Gasteiger partial charge in [0.1, 0.15) is 17.0 Å². The third kappa shape index (κ3) is 1.97. The van der Waals surface area contributed by atoms with E-state index in [0.717, 1.165) is 16.8 Å². The average Bonchev–Trinajstić information content (AvgIpc) is 2.87. The maximum atomic E-state index is 5.73. The molecule has 19 heavy (non-hydrogen) atoms. The van der Waals surface area contributed by atoms with Gasteiger partial charge in [-0.25, -0.2) is 9.97 Å². The van der Waals surface area contributed by atoms with Gasteiger partial charge in [-0.05, 0) is 19.1 Å². The fourth-order valence-electron chi connectivity index (χ4n) is 1.99. The van der Waals surface area contributed by atoms with Crippen molar-refractivity contribution in [2.45, 2.75) is 6.92 Å². The largest absolute Gasteiger partial charge is 0.493 e. The first-order valence-electron chi connectivity index (χ1n) is 5.98. The summed E-state index contributed by atoms with van der Waals surface area (Å²) in [7, 11) is 0. The van der Waals surface area contributed by atoms with Crippen LogP contribution in [0.5, 0.6) is 5.75 Å². The Labute approximate surface area is 109 Å². The normalized spacial score (nSPS) is 10.8. The van der Waals surface area contributed by atoms with Crippen LogP contribution in [0, 0.1) is 0 Å². The molecule has 3 N–H and O–H groups in total. The number of benzene rings is 1. The van der Waals surface area contributed by atoms with Crippen LogP contribution in [0.4, 0.5) is 5.95 Å². The summed E-state index contributed by atoms with van der Waals surface area (Å²) in [6.45, 7) is 2.53. The van der Waals surface area contributed by atoms with Crippen LogP contribution in [-0.2, 0) is 0 Å².